The Morgan fingerprint density at radius 3 is 3.00 bits per heavy atom. The molecule has 0 radical (unpaired) electrons. The number of nitro groups is 1. The number of nitrogens with zero attached hydrogens (tertiary/aromatic N) is 2. The third kappa shape index (κ3) is 2.92. The maximum Gasteiger partial charge on any atom is 0.271 e. The van der Waals surface area contributed by atoms with Crippen molar-refractivity contribution >= 4 is 34.3 Å². The summed E-state index contributed by atoms with van der Waals surface area (Å²) in [7, 11) is 0. The van der Waals surface area contributed by atoms with Crippen LogP contribution < -0.4 is 5.32 Å². The summed E-state index contributed by atoms with van der Waals surface area (Å²) in [5, 5.41) is 16.9. The Bertz CT molecular complexity index is 530. The molecule has 17 heavy (non-hydrogen) atoms. The van der Waals surface area contributed by atoms with E-state index in [2.05, 4.69) is 10.3 Å². The average Bonchev–Trinajstić information content (AvgIpc) is 2.80. The van der Waals surface area contributed by atoms with E-state index in [0.717, 1.165) is 5.01 Å². The van der Waals surface area contributed by atoms with Crippen LogP contribution in [-0.4, -0.2) is 9.91 Å². The molecule has 2 aromatic rings. The van der Waals surface area contributed by atoms with Gasteiger partial charge in [-0.2, -0.15) is 0 Å². The van der Waals surface area contributed by atoms with Crippen LogP contribution >= 0.6 is 22.9 Å². The van der Waals surface area contributed by atoms with Crippen LogP contribution in [0.4, 0.5) is 11.4 Å². The number of anilines is 1. The second-order valence-electron chi connectivity index (χ2n) is 3.20. The van der Waals surface area contributed by atoms with Crippen molar-refractivity contribution in [3.63, 3.8) is 0 Å². The van der Waals surface area contributed by atoms with Gasteiger partial charge in [0, 0.05) is 23.7 Å². The van der Waals surface area contributed by atoms with Crippen molar-refractivity contribution in [2.75, 3.05) is 5.32 Å². The number of aromatic nitrogens is 1. The summed E-state index contributed by atoms with van der Waals surface area (Å²) in [6, 6.07) is 4.29. The van der Waals surface area contributed by atoms with E-state index >= 15 is 0 Å². The van der Waals surface area contributed by atoms with E-state index < -0.39 is 4.92 Å². The maximum absolute atomic E-state index is 10.6. The third-order valence-corrected chi connectivity index (χ3v) is 3.18. The van der Waals surface area contributed by atoms with Gasteiger partial charge in [-0.1, -0.05) is 11.6 Å². The lowest BCUT2D eigenvalue weighted by molar-refractivity contribution is -0.384. The van der Waals surface area contributed by atoms with E-state index in [-0.39, 0.29) is 5.69 Å². The number of thiazole rings is 1. The zero-order valence-electron chi connectivity index (χ0n) is 8.59. The summed E-state index contributed by atoms with van der Waals surface area (Å²) in [6.45, 7) is 0.499. The zero-order valence-corrected chi connectivity index (χ0v) is 10.2. The van der Waals surface area contributed by atoms with Crippen LogP contribution in [0.3, 0.4) is 0 Å². The summed E-state index contributed by atoms with van der Waals surface area (Å²) in [4.78, 5) is 14.3. The molecule has 0 atom stereocenters. The molecule has 1 heterocycles. The summed E-state index contributed by atoms with van der Waals surface area (Å²) < 4.78 is 0. The van der Waals surface area contributed by atoms with E-state index in [9.17, 15) is 10.1 Å². The molecule has 1 aromatic heterocycles. The number of halogens is 1. The molecule has 5 nitrogen and oxygen atoms in total. The maximum atomic E-state index is 10.6. The van der Waals surface area contributed by atoms with E-state index in [4.69, 9.17) is 11.6 Å². The fraction of sp³-hybridized carbons (Fsp3) is 0.100. The molecule has 88 valence electrons. The Morgan fingerprint density at radius 2 is 2.35 bits per heavy atom. The molecular formula is C10H8ClN3O2S. The van der Waals surface area contributed by atoms with Crippen molar-refractivity contribution in [3.05, 3.63) is 49.9 Å². The standard InChI is InChI=1S/C10H8ClN3O2S/c11-8-2-1-7(14(15)16)5-9(8)13-6-10-12-3-4-17-10/h1-5,13H,6H2. The Kier molecular flexibility index (Phi) is 3.55. The number of hydrogen-bond acceptors (Lipinski definition) is 5. The second kappa shape index (κ2) is 5.11. The second-order valence-corrected chi connectivity index (χ2v) is 4.59. The highest BCUT2D eigenvalue weighted by Gasteiger charge is 2.09. The molecule has 0 aliphatic carbocycles. The van der Waals surface area contributed by atoms with Crippen LogP contribution in [-0.2, 0) is 6.54 Å². The summed E-state index contributed by atoms with van der Waals surface area (Å²) in [5.41, 5.74) is 0.548. The molecule has 0 bridgehead atoms. The zero-order chi connectivity index (χ0) is 12.3. The van der Waals surface area contributed by atoms with Gasteiger partial charge in [-0.15, -0.1) is 11.3 Å². The molecule has 0 amide bonds. The van der Waals surface area contributed by atoms with Gasteiger partial charge in [-0.05, 0) is 6.07 Å². The minimum absolute atomic E-state index is 0.0102. The molecular weight excluding hydrogens is 262 g/mol. The highest BCUT2D eigenvalue weighted by molar-refractivity contribution is 7.09. The highest BCUT2D eigenvalue weighted by Crippen LogP contribution is 2.27. The fourth-order valence-electron chi connectivity index (χ4n) is 1.27. The molecule has 0 unspecified atom stereocenters. The van der Waals surface area contributed by atoms with Crippen molar-refractivity contribution in [2.24, 2.45) is 0 Å². The molecule has 0 aliphatic heterocycles. The quantitative estimate of drug-likeness (QED) is 0.683. The topological polar surface area (TPSA) is 68.1 Å². The first kappa shape index (κ1) is 11.8. The number of benzene rings is 1. The monoisotopic (exact) mass is 269 g/mol. The van der Waals surface area contributed by atoms with Gasteiger partial charge < -0.3 is 5.32 Å². The molecule has 0 saturated heterocycles. The van der Waals surface area contributed by atoms with Crippen LogP contribution in [0, 0.1) is 10.1 Å². The predicted octanol–water partition coefficient (Wildman–Crippen LogP) is 3.32. The normalized spacial score (nSPS) is 10.2. The first-order valence-corrected chi connectivity index (χ1v) is 5.99. The first-order valence-electron chi connectivity index (χ1n) is 4.73. The Labute approximate surface area is 106 Å². The van der Waals surface area contributed by atoms with Gasteiger partial charge in [0.1, 0.15) is 5.01 Å². The molecule has 0 fully saturated rings. The molecule has 1 N–H and O–H groups in total. The van der Waals surface area contributed by atoms with E-state index in [1.807, 2.05) is 5.38 Å². The van der Waals surface area contributed by atoms with E-state index in [0.29, 0.717) is 17.3 Å². The molecule has 2 rings (SSSR count). The van der Waals surface area contributed by atoms with Gasteiger partial charge in [0.15, 0.2) is 0 Å². The minimum atomic E-state index is -0.453. The predicted molar refractivity (Wildman–Crippen MR) is 67.5 cm³/mol. The van der Waals surface area contributed by atoms with Crippen LogP contribution in [0.1, 0.15) is 5.01 Å². The first-order chi connectivity index (χ1) is 8.16. The van der Waals surface area contributed by atoms with Crippen LogP contribution in [0.2, 0.25) is 5.02 Å². The lowest BCUT2D eigenvalue weighted by atomic mass is 10.3. The lowest BCUT2D eigenvalue weighted by Crippen LogP contribution is -2.00. The van der Waals surface area contributed by atoms with Crippen LogP contribution in [0.25, 0.3) is 0 Å². The largest absolute Gasteiger partial charge is 0.377 e. The Hall–Kier alpha value is -1.66. The van der Waals surface area contributed by atoms with Crippen molar-refractivity contribution in [2.45, 2.75) is 6.54 Å². The van der Waals surface area contributed by atoms with Crippen LogP contribution in [0.5, 0.6) is 0 Å². The summed E-state index contributed by atoms with van der Waals surface area (Å²) >= 11 is 7.45. The van der Waals surface area contributed by atoms with Gasteiger partial charge in [0.25, 0.3) is 5.69 Å². The number of rotatable bonds is 4. The fourth-order valence-corrected chi connectivity index (χ4v) is 2.01. The lowest BCUT2D eigenvalue weighted by Gasteiger charge is -2.06. The van der Waals surface area contributed by atoms with E-state index in [1.165, 1.54) is 29.5 Å². The van der Waals surface area contributed by atoms with Gasteiger partial charge in [0.2, 0.25) is 0 Å². The van der Waals surface area contributed by atoms with E-state index in [1.54, 1.807) is 6.20 Å². The number of non-ortho nitro benzene ring substituents is 1. The Balaban J connectivity index is 2.14. The van der Waals surface area contributed by atoms with Crippen molar-refractivity contribution < 1.29 is 4.92 Å². The molecule has 0 spiro atoms. The molecule has 0 saturated carbocycles. The van der Waals surface area contributed by atoms with Gasteiger partial charge in [-0.3, -0.25) is 10.1 Å². The average molecular weight is 270 g/mol. The Morgan fingerprint density at radius 1 is 1.53 bits per heavy atom. The minimum Gasteiger partial charge on any atom is -0.377 e. The molecule has 1 aromatic carbocycles. The number of hydrogen-bond donors (Lipinski definition) is 1. The smallest absolute Gasteiger partial charge is 0.271 e. The number of nitrogens with one attached hydrogen (secondary N) is 1. The number of nitro benzene ring substituents is 1. The van der Waals surface area contributed by atoms with Crippen molar-refractivity contribution in [1.29, 1.82) is 0 Å². The van der Waals surface area contributed by atoms with Gasteiger partial charge in [-0.25, -0.2) is 4.98 Å². The van der Waals surface area contributed by atoms with Crippen LogP contribution in [0.15, 0.2) is 29.8 Å². The van der Waals surface area contributed by atoms with Gasteiger partial charge in [0.05, 0.1) is 22.2 Å². The van der Waals surface area contributed by atoms with Crippen molar-refractivity contribution in [3.8, 4) is 0 Å². The third-order valence-electron chi connectivity index (χ3n) is 2.07. The summed E-state index contributed by atoms with van der Waals surface area (Å²) in [6.07, 6.45) is 1.71. The molecule has 7 heteroatoms. The van der Waals surface area contributed by atoms with Crippen molar-refractivity contribution in [1.82, 2.24) is 4.98 Å². The molecule has 0 aliphatic rings. The van der Waals surface area contributed by atoms with Gasteiger partial charge >= 0.3 is 0 Å². The SMILES string of the molecule is O=[N+]([O-])c1ccc(Cl)c(NCc2nccs2)c1. The highest BCUT2D eigenvalue weighted by atomic mass is 35.5. The summed E-state index contributed by atoms with van der Waals surface area (Å²) in [5.74, 6) is 0.